The van der Waals surface area contributed by atoms with E-state index in [1.165, 1.54) is 31.4 Å². The van der Waals surface area contributed by atoms with Gasteiger partial charge in [0.1, 0.15) is 4.90 Å². The van der Waals surface area contributed by atoms with Gasteiger partial charge in [-0.05, 0) is 30.9 Å². The van der Waals surface area contributed by atoms with Crippen molar-refractivity contribution in [3.05, 3.63) is 30.3 Å². The summed E-state index contributed by atoms with van der Waals surface area (Å²) in [6, 6.07) is 8.05. The number of hydrogen-bond acceptors (Lipinski definition) is 4. The normalized spacial score (nSPS) is 18.0. The number of nitrogens with zero attached hydrogens (tertiary/aromatic N) is 1. The summed E-state index contributed by atoms with van der Waals surface area (Å²) in [5.74, 6) is 0.352. The molecule has 0 unspecified atom stereocenters. The Morgan fingerprint density at radius 3 is 2.44 bits per heavy atom. The van der Waals surface area contributed by atoms with E-state index >= 15 is 0 Å². The molecule has 0 saturated heterocycles. The minimum absolute atomic E-state index is 0.130. The van der Waals surface area contributed by atoms with Gasteiger partial charge in [-0.15, -0.1) is 0 Å². The van der Waals surface area contributed by atoms with E-state index in [9.17, 15) is 8.42 Å². The molecule has 2 rings (SSSR count). The molecule has 98 valence electrons. The number of hydrogen-bond donors (Lipinski definition) is 0. The summed E-state index contributed by atoms with van der Waals surface area (Å²) in [5.41, 5.74) is 0. The van der Waals surface area contributed by atoms with Gasteiger partial charge < -0.3 is 0 Å². The van der Waals surface area contributed by atoms with E-state index < -0.39 is 10.1 Å². The van der Waals surface area contributed by atoms with Crippen LogP contribution in [0.4, 0.5) is 0 Å². The molecule has 1 aromatic rings. The molecule has 0 N–H and O–H groups in total. The fraction of sp³-hybridized carbons (Fsp3) is 0.462. The molecule has 0 bridgehead atoms. The first-order valence-electron chi connectivity index (χ1n) is 6.21. The Morgan fingerprint density at radius 1 is 1.11 bits per heavy atom. The van der Waals surface area contributed by atoms with Crippen LogP contribution in [0.25, 0.3) is 0 Å². The van der Waals surface area contributed by atoms with Crippen molar-refractivity contribution in [2.45, 2.75) is 37.0 Å². The molecule has 0 heterocycles. The van der Waals surface area contributed by atoms with Gasteiger partial charge >= 0.3 is 10.1 Å². The summed E-state index contributed by atoms with van der Waals surface area (Å²) in [6.45, 7) is 0. The molecule has 0 aromatic heterocycles. The topological polar surface area (TPSA) is 55.7 Å². The van der Waals surface area contributed by atoms with E-state index in [0.717, 1.165) is 12.8 Å². The van der Waals surface area contributed by atoms with Crippen LogP contribution in [0.15, 0.2) is 40.4 Å². The van der Waals surface area contributed by atoms with Crippen LogP contribution in [0.3, 0.4) is 0 Å². The van der Waals surface area contributed by atoms with Crippen LogP contribution in [0.2, 0.25) is 0 Å². The molecule has 0 atom stereocenters. The molecular weight excluding hydrogens is 250 g/mol. The standard InChI is InChI=1S/C13H17NO3S/c15-18(16,13-9-5-2-6-10-13)17-14-11-12-7-3-1-4-8-12/h2,5-6,9-12H,1,3-4,7-8H2/b14-11+. The smallest absolute Gasteiger partial charge is 0.265 e. The summed E-state index contributed by atoms with van der Waals surface area (Å²) in [6.07, 6.45) is 7.38. The summed E-state index contributed by atoms with van der Waals surface area (Å²) in [7, 11) is -3.76. The van der Waals surface area contributed by atoms with Crippen molar-refractivity contribution < 1.29 is 12.7 Å². The molecule has 5 heteroatoms. The number of benzene rings is 1. The molecule has 1 aliphatic rings. The molecule has 1 aromatic carbocycles. The van der Waals surface area contributed by atoms with Crippen LogP contribution in [0.1, 0.15) is 32.1 Å². The first kappa shape index (κ1) is 13.1. The molecule has 18 heavy (non-hydrogen) atoms. The molecule has 0 amide bonds. The van der Waals surface area contributed by atoms with E-state index in [4.69, 9.17) is 0 Å². The third kappa shape index (κ3) is 3.57. The van der Waals surface area contributed by atoms with E-state index in [-0.39, 0.29) is 4.90 Å². The lowest BCUT2D eigenvalue weighted by atomic mass is 9.90. The fourth-order valence-corrected chi connectivity index (χ4v) is 2.82. The summed E-state index contributed by atoms with van der Waals surface area (Å²) >= 11 is 0. The molecule has 1 aliphatic carbocycles. The zero-order valence-corrected chi connectivity index (χ0v) is 11.0. The highest BCUT2D eigenvalue weighted by Crippen LogP contribution is 2.22. The van der Waals surface area contributed by atoms with Gasteiger partial charge in [0.05, 0.1) is 0 Å². The lowest BCUT2D eigenvalue weighted by molar-refractivity contribution is 0.334. The van der Waals surface area contributed by atoms with Gasteiger partial charge in [-0.1, -0.05) is 42.6 Å². The zero-order chi connectivity index (χ0) is 12.8. The van der Waals surface area contributed by atoms with Gasteiger partial charge in [-0.2, -0.15) is 8.42 Å². The van der Waals surface area contributed by atoms with Gasteiger partial charge in [0.2, 0.25) is 0 Å². The van der Waals surface area contributed by atoms with Crippen LogP contribution in [0, 0.1) is 5.92 Å². The third-order valence-corrected chi connectivity index (χ3v) is 4.23. The number of oxime groups is 1. The summed E-state index contributed by atoms with van der Waals surface area (Å²) in [5, 5.41) is 3.63. The molecule has 0 radical (unpaired) electrons. The van der Waals surface area contributed by atoms with E-state index in [0.29, 0.717) is 5.92 Å². The van der Waals surface area contributed by atoms with Crippen molar-refractivity contribution in [1.29, 1.82) is 0 Å². The average molecular weight is 267 g/mol. The number of rotatable bonds is 4. The second kappa shape index (κ2) is 6.00. The van der Waals surface area contributed by atoms with Crippen LogP contribution >= 0.6 is 0 Å². The Balaban J connectivity index is 1.95. The average Bonchev–Trinajstić information content (AvgIpc) is 2.41. The van der Waals surface area contributed by atoms with Gasteiger partial charge in [0, 0.05) is 6.21 Å². The third-order valence-electron chi connectivity index (χ3n) is 3.09. The van der Waals surface area contributed by atoms with Crippen molar-refractivity contribution in [3.8, 4) is 0 Å². The molecule has 0 spiro atoms. The largest absolute Gasteiger partial charge is 0.358 e. The van der Waals surface area contributed by atoms with Crippen molar-refractivity contribution in [2.24, 2.45) is 11.1 Å². The minimum atomic E-state index is -3.76. The Labute approximate surface area is 108 Å². The maximum Gasteiger partial charge on any atom is 0.358 e. The second-order valence-electron chi connectivity index (χ2n) is 4.49. The Bertz CT molecular complexity index is 490. The monoisotopic (exact) mass is 267 g/mol. The molecular formula is C13H17NO3S. The van der Waals surface area contributed by atoms with Crippen LogP contribution in [-0.2, 0) is 14.4 Å². The summed E-state index contributed by atoms with van der Waals surface area (Å²) in [4.78, 5) is 0.130. The highest BCUT2D eigenvalue weighted by Gasteiger charge is 2.15. The lowest BCUT2D eigenvalue weighted by Gasteiger charge is -2.16. The van der Waals surface area contributed by atoms with Gasteiger partial charge in [-0.3, -0.25) is 4.28 Å². The fourth-order valence-electron chi connectivity index (χ4n) is 2.08. The Kier molecular flexibility index (Phi) is 4.36. The first-order valence-corrected chi connectivity index (χ1v) is 7.61. The van der Waals surface area contributed by atoms with Crippen LogP contribution < -0.4 is 0 Å². The van der Waals surface area contributed by atoms with Crippen LogP contribution in [-0.4, -0.2) is 14.6 Å². The van der Waals surface area contributed by atoms with E-state index in [1.807, 2.05) is 0 Å². The van der Waals surface area contributed by atoms with Crippen molar-refractivity contribution in [3.63, 3.8) is 0 Å². The second-order valence-corrected chi connectivity index (χ2v) is 6.02. The quantitative estimate of drug-likeness (QED) is 0.622. The molecule has 0 aliphatic heterocycles. The van der Waals surface area contributed by atoms with E-state index in [1.54, 1.807) is 24.4 Å². The lowest BCUT2D eigenvalue weighted by Crippen LogP contribution is -2.08. The summed E-state index contributed by atoms with van der Waals surface area (Å²) < 4.78 is 28.1. The van der Waals surface area contributed by atoms with Crippen molar-refractivity contribution >= 4 is 16.3 Å². The van der Waals surface area contributed by atoms with Gasteiger partial charge in [0.25, 0.3) is 0 Å². The molecule has 1 saturated carbocycles. The highest BCUT2D eigenvalue weighted by atomic mass is 32.2. The van der Waals surface area contributed by atoms with E-state index in [2.05, 4.69) is 9.44 Å². The molecule has 1 fully saturated rings. The highest BCUT2D eigenvalue weighted by molar-refractivity contribution is 7.86. The van der Waals surface area contributed by atoms with Crippen molar-refractivity contribution in [1.82, 2.24) is 0 Å². The zero-order valence-electron chi connectivity index (χ0n) is 10.2. The maximum atomic E-state index is 11.7. The van der Waals surface area contributed by atoms with Gasteiger partial charge in [0.15, 0.2) is 0 Å². The minimum Gasteiger partial charge on any atom is -0.265 e. The predicted octanol–water partition coefficient (Wildman–Crippen LogP) is 2.96. The Hall–Kier alpha value is -1.36. The maximum absolute atomic E-state index is 11.7. The SMILES string of the molecule is O=S(=O)(O/N=C/C1CCCCC1)c1ccccc1. The first-order chi connectivity index (χ1) is 8.68. The molecule has 4 nitrogen and oxygen atoms in total. The van der Waals surface area contributed by atoms with Gasteiger partial charge in [-0.25, -0.2) is 0 Å². The van der Waals surface area contributed by atoms with Crippen molar-refractivity contribution in [2.75, 3.05) is 0 Å². The Morgan fingerprint density at radius 2 is 1.78 bits per heavy atom. The predicted molar refractivity (Wildman–Crippen MR) is 69.8 cm³/mol. The van der Waals surface area contributed by atoms with Crippen LogP contribution in [0.5, 0.6) is 0 Å².